The number of amides is 1. The molecular weight excluding hydrogens is 230 g/mol. The predicted molar refractivity (Wildman–Crippen MR) is 70.5 cm³/mol. The molecule has 0 aromatic carbocycles. The van der Waals surface area contributed by atoms with E-state index in [1.165, 1.54) is 19.3 Å². The van der Waals surface area contributed by atoms with Gasteiger partial charge >= 0.3 is 0 Å². The zero-order valence-electron chi connectivity index (χ0n) is 11.1. The molecule has 2 aliphatic rings. The molecule has 5 heteroatoms. The topological polar surface area (TPSA) is 62.7 Å². The third-order valence-corrected chi connectivity index (χ3v) is 3.80. The highest BCUT2D eigenvalue weighted by molar-refractivity contribution is 6.09. The number of carbonyl (C=O) groups is 1. The highest BCUT2D eigenvalue weighted by atomic mass is 16.5. The molecule has 0 bridgehead atoms. The number of hydrogen-bond acceptors (Lipinski definition) is 3. The number of rotatable bonds is 3. The maximum absolute atomic E-state index is 12.2. The standard InChI is InChI=1S/C13H23N3O2/c1-18-10-9-14-12-15-11(17)13(16-12)7-5-3-2-4-6-8-13/h2-10H2,1H3,(H2,14,15,16,17). The summed E-state index contributed by atoms with van der Waals surface area (Å²) in [6.45, 7) is 1.16. The molecule has 1 heterocycles. The van der Waals surface area contributed by atoms with Gasteiger partial charge in [-0.25, -0.2) is 0 Å². The average Bonchev–Trinajstić information content (AvgIpc) is 2.62. The van der Waals surface area contributed by atoms with Gasteiger partial charge in [0.05, 0.1) is 13.2 Å². The van der Waals surface area contributed by atoms with Gasteiger partial charge in [-0.3, -0.25) is 15.1 Å². The molecule has 0 aromatic rings. The van der Waals surface area contributed by atoms with E-state index in [1.807, 2.05) is 0 Å². The Morgan fingerprint density at radius 1 is 1.22 bits per heavy atom. The molecule has 0 aromatic heterocycles. The third kappa shape index (κ3) is 3.02. The normalized spacial score (nSPS) is 25.6. The molecule has 18 heavy (non-hydrogen) atoms. The van der Waals surface area contributed by atoms with Crippen molar-refractivity contribution in [1.82, 2.24) is 10.6 Å². The monoisotopic (exact) mass is 253 g/mol. The first-order chi connectivity index (χ1) is 8.77. The molecule has 1 aliphatic carbocycles. The minimum absolute atomic E-state index is 0.0977. The summed E-state index contributed by atoms with van der Waals surface area (Å²) in [5.74, 6) is 0.721. The summed E-state index contributed by atoms with van der Waals surface area (Å²) < 4.78 is 4.95. The van der Waals surface area contributed by atoms with Gasteiger partial charge in [0.25, 0.3) is 5.91 Å². The van der Waals surface area contributed by atoms with Crippen LogP contribution in [-0.2, 0) is 9.53 Å². The lowest BCUT2D eigenvalue weighted by atomic mass is 9.84. The van der Waals surface area contributed by atoms with Crippen LogP contribution in [0.25, 0.3) is 0 Å². The molecule has 1 saturated heterocycles. The van der Waals surface area contributed by atoms with Gasteiger partial charge in [0.15, 0.2) is 5.96 Å². The number of nitrogens with zero attached hydrogens (tertiary/aromatic N) is 1. The molecule has 1 aliphatic heterocycles. The quantitative estimate of drug-likeness (QED) is 0.743. The number of nitrogens with one attached hydrogen (secondary N) is 2. The maximum Gasteiger partial charge on any atom is 0.252 e. The molecule has 2 N–H and O–H groups in total. The van der Waals surface area contributed by atoms with Gasteiger partial charge in [-0.2, -0.15) is 0 Å². The first-order valence-corrected chi connectivity index (χ1v) is 6.90. The van der Waals surface area contributed by atoms with Crippen LogP contribution in [0.4, 0.5) is 0 Å². The Balaban J connectivity index is 1.99. The van der Waals surface area contributed by atoms with Crippen LogP contribution in [0, 0.1) is 0 Å². The van der Waals surface area contributed by atoms with Crippen molar-refractivity contribution in [3.05, 3.63) is 0 Å². The lowest BCUT2D eigenvalue weighted by molar-refractivity contribution is -0.124. The van der Waals surface area contributed by atoms with Crippen molar-refractivity contribution >= 4 is 11.9 Å². The lowest BCUT2D eigenvalue weighted by Crippen LogP contribution is -2.47. The SMILES string of the molecule is COCCN=C1NC(=O)C2(CCCCCCC2)N1. The minimum Gasteiger partial charge on any atom is -0.383 e. The Labute approximate surface area is 108 Å². The van der Waals surface area contributed by atoms with E-state index in [0.29, 0.717) is 19.1 Å². The largest absolute Gasteiger partial charge is 0.383 e. The van der Waals surface area contributed by atoms with Crippen LogP contribution in [0.5, 0.6) is 0 Å². The van der Waals surface area contributed by atoms with Crippen molar-refractivity contribution < 1.29 is 9.53 Å². The second-order valence-corrected chi connectivity index (χ2v) is 5.15. The molecule has 0 radical (unpaired) electrons. The molecule has 0 atom stereocenters. The lowest BCUT2D eigenvalue weighted by Gasteiger charge is -2.28. The Kier molecular flexibility index (Phi) is 4.58. The van der Waals surface area contributed by atoms with Crippen molar-refractivity contribution in [1.29, 1.82) is 0 Å². The molecule has 1 saturated carbocycles. The van der Waals surface area contributed by atoms with Gasteiger partial charge in [-0.15, -0.1) is 0 Å². The molecule has 0 unspecified atom stereocenters. The number of guanidine groups is 1. The van der Waals surface area contributed by atoms with Crippen LogP contribution in [0.1, 0.15) is 44.9 Å². The van der Waals surface area contributed by atoms with Gasteiger partial charge in [-0.1, -0.05) is 32.1 Å². The van der Waals surface area contributed by atoms with Crippen LogP contribution in [0.3, 0.4) is 0 Å². The second-order valence-electron chi connectivity index (χ2n) is 5.15. The van der Waals surface area contributed by atoms with Crippen LogP contribution in [0.15, 0.2) is 4.99 Å². The van der Waals surface area contributed by atoms with Crippen LogP contribution >= 0.6 is 0 Å². The minimum atomic E-state index is -0.397. The summed E-state index contributed by atoms with van der Waals surface area (Å²) in [4.78, 5) is 16.5. The van der Waals surface area contributed by atoms with Crippen LogP contribution in [0.2, 0.25) is 0 Å². The molecule has 1 spiro atoms. The molecule has 5 nitrogen and oxygen atoms in total. The van der Waals surface area contributed by atoms with Crippen LogP contribution < -0.4 is 10.6 Å². The van der Waals surface area contributed by atoms with Crippen molar-refractivity contribution in [3.8, 4) is 0 Å². The number of carbonyl (C=O) groups excluding carboxylic acids is 1. The Morgan fingerprint density at radius 2 is 1.89 bits per heavy atom. The molecule has 102 valence electrons. The Bertz CT molecular complexity index is 320. The molecule has 1 amide bonds. The van der Waals surface area contributed by atoms with Crippen molar-refractivity contribution in [2.45, 2.75) is 50.5 Å². The summed E-state index contributed by atoms with van der Waals surface area (Å²) in [5, 5.41) is 6.18. The summed E-state index contributed by atoms with van der Waals surface area (Å²) >= 11 is 0. The van der Waals surface area contributed by atoms with E-state index in [2.05, 4.69) is 15.6 Å². The smallest absolute Gasteiger partial charge is 0.252 e. The fourth-order valence-electron chi connectivity index (χ4n) is 2.73. The first-order valence-electron chi connectivity index (χ1n) is 6.90. The highest BCUT2D eigenvalue weighted by Crippen LogP contribution is 2.28. The van der Waals surface area contributed by atoms with Crippen molar-refractivity contribution in [2.75, 3.05) is 20.3 Å². The fourth-order valence-corrected chi connectivity index (χ4v) is 2.73. The van der Waals surface area contributed by atoms with Gasteiger partial charge in [-0.05, 0) is 12.8 Å². The average molecular weight is 253 g/mol. The number of aliphatic imine (C=N–C) groups is 1. The maximum atomic E-state index is 12.2. The Hall–Kier alpha value is -1.10. The van der Waals surface area contributed by atoms with E-state index in [1.54, 1.807) is 7.11 Å². The summed E-state index contributed by atoms with van der Waals surface area (Å²) in [7, 11) is 1.65. The summed E-state index contributed by atoms with van der Waals surface area (Å²) in [5.41, 5.74) is -0.397. The zero-order valence-corrected chi connectivity index (χ0v) is 11.1. The van der Waals surface area contributed by atoms with Gasteiger partial charge in [0.1, 0.15) is 5.54 Å². The van der Waals surface area contributed by atoms with E-state index in [-0.39, 0.29) is 5.91 Å². The summed E-state index contributed by atoms with van der Waals surface area (Å²) in [6, 6.07) is 0. The third-order valence-electron chi connectivity index (χ3n) is 3.80. The van der Waals surface area contributed by atoms with E-state index >= 15 is 0 Å². The number of methoxy groups -OCH3 is 1. The number of ether oxygens (including phenoxy) is 1. The van der Waals surface area contributed by atoms with Gasteiger partial charge < -0.3 is 10.1 Å². The number of hydrogen-bond donors (Lipinski definition) is 2. The molecular formula is C13H23N3O2. The first kappa shape index (κ1) is 13.3. The summed E-state index contributed by atoms with van der Waals surface area (Å²) in [6.07, 6.45) is 7.83. The van der Waals surface area contributed by atoms with E-state index < -0.39 is 5.54 Å². The van der Waals surface area contributed by atoms with Gasteiger partial charge in [0.2, 0.25) is 0 Å². The van der Waals surface area contributed by atoms with E-state index in [0.717, 1.165) is 25.7 Å². The van der Waals surface area contributed by atoms with Crippen molar-refractivity contribution in [2.24, 2.45) is 4.99 Å². The zero-order chi connectivity index (χ0) is 12.8. The fraction of sp³-hybridized carbons (Fsp3) is 0.846. The van der Waals surface area contributed by atoms with E-state index in [9.17, 15) is 4.79 Å². The highest BCUT2D eigenvalue weighted by Gasteiger charge is 2.44. The van der Waals surface area contributed by atoms with Gasteiger partial charge in [0, 0.05) is 7.11 Å². The van der Waals surface area contributed by atoms with Crippen LogP contribution in [-0.4, -0.2) is 37.7 Å². The second kappa shape index (κ2) is 6.18. The predicted octanol–water partition coefficient (Wildman–Crippen LogP) is 1.19. The van der Waals surface area contributed by atoms with E-state index in [4.69, 9.17) is 4.74 Å². The van der Waals surface area contributed by atoms with Crippen molar-refractivity contribution in [3.63, 3.8) is 0 Å². The Morgan fingerprint density at radius 3 is 2.56 bits per heavy atom. The molecule has 2 rings (SSSR count). The molecule has 2 fully saturated rings.